The van der Waals surface area contributed by atoms with Crippen LogP contribution in [0.5, 0.6) is 0 Å². The summed E-state index contributed by atoms with van der Waals surface area (Å²) in [6, 6.07) is 0. The summed E-state index contributed by atoms with van der Waals surface area (Å²) in [5.41, 5.74) is -2.05. The Bertz CT molecular complexity index is 422. The van der Waals surface area contributed by atoms with Gasteiger partial charge in [-0.3, -0.25) is 0 Å². The predicted molar refractivity (Wildman–Crippen MR) is 66.1 cm³/mol. The summed E-state index contributed by atoms with van der Waals surface area (Å²) in [7, 11) is 0. The van der Waals surface area contributed by atoms with Crippen LogP contribution in [0.2, 0.25) is 0 Å². The molecule has 0 heterocycles. The van der Waals surface area contributed by atoms with Crippen LogP contribution in [0, 0.1) is 5.92 Å². The summed E-state index contributed by atoms with van der Waals surface area (Å²) in [5, 5.41) is 19.8. The van der Waals surface area contributed by atoms with Gasteiger partial charge in [0.25, 0.3) is 0 Å². The van der Waals surface area contributed by atoms with Crippen molar-refractivity contribution in [3.8, 4) is 0 Å². The number of esters is 1. The second-order valence-electron chi connectivity index (χ2n) is 6.50. The zero-order valence-corrected chi connectivity index (χ0v) is 10.9. The van der Waals surface area contributed by atoms with Crippen LogP contribution in [-0.4, -0.2) is 39.8 Å². The highest BCUT2D eigenvalue weighted by Gasteiger charge is 2.65. The van der Waals surface area contributed by atoms with E-state index < -0.39 is 22.8 Å². The Hall–Kier alpha value is -0.910. The van der Waals surface area contributed by atoms with Crippen LogP contribution in [0.3, 0.4) is 0 Å². The van der Waals surface area contributed by atoms with Crippen molar-refractivity contribution in [3.05, 3.63) is 12.7 Å². The molecule has 0 aromatic heterocycles. The zero-order chi connectivity index (χ0) is 13.7. The van der Waals surface area contributed by atoms with Crippen LogP contribution in [0.4, 0.5) is 0 Å². The quantitative estimate of drug-likeness (QED) is 0.450. The number of hydrogen-bond acceptors (Lipinski definition) is 5. The number of carbonyl (C=O) groups is 1. The Morgan fingerprint density at radius 3 is 2.58 bits per heavy atom. The first-order chi connectivity index (χ1) is 8.92. The van der Waals surface area contributed by atoms with Gasteiger partial charge in [-0.2, -0.15) is 0 Å². The fourth-order valence-corrected chi connectivity index (χ4v) is 4.88. The second-order valence-corrected chi connectivity index (χ2v) is 6.50. The third kappa shape index (κ3) is 2.10. The summed E-state index contributed by atoms with van der Waals surface area (Å²) < 4.78 is 11.1. The summed E-state index contributed by atoms with van der Waals surface area (Å²) in [5.74, 6) is -0.171. The molecule has 4 atom stereocenters. The highest BCUT2D eigenvalue weighted by Crippen LogP contribution is 2.61. The van der Waals surface area contributed by atoms with Crippen LogP contribution >= 0.6 is 0 Å². The average molecular weight is 268 g/mol. The summed E-state index contributed by atoms with van der Waals surface area (Å²) >= 11 is 0. The maximum atomic E-state index is 11.6. The van der Waals surface area contributed by atoms with E-state index in [-0.39, 0.29) is 12.7 Å². The van der Waals surface area contributed by atoms with Crippen molar-refractivity contribution < 1.29 is 24.5 Å². The minimum atomic E-state index is -0.837. The summed E-state index contributed by atoms with van der Waals surface area (Å²) in [4.78, 5) is 11.6. The molecule has 0 radical (unpaired) electrons. The van der Waals surface area contributed by atoms with Gasteiger partial charge in [0.2, 0.25) is 0 Å². The first-order valence-corrected chi connectivity index (χ1v) is 6.75. The van der Waals surface area contributed by atoms with E-state index in [9.17, 15) is 9.90 Å². The van der Waals surface area contributed by atoms with E-state index in [1.165, 1.54) is 0 Å². The number of aliphatic hydroxyl groups excluding tert-OH is 1. The maximum absolute atomic E-state index is 11.6. The molecule has 4 fully saturated rings. The number of aliphatic hydroxyl groups is 2. The van der Waals surface area contributed by atoms with Crippen molar-refractivity contribution in [1.82, 2.24) is 0 Å². The molecule has 0 spiro atoms. The monoisotopic (exact) mass is 268 g/mol. The van der Waals surface area contributed by atoms with Crippen molar-refractivity contribution in [1.29, 1.82) is 0 Å². The standard InChI is InChI=1S/C14H20O5/c1-2-11(16)19-14-5-10-3-12(17,7-14)6-13(4-10,8-14)18-9-15/h2,10,15,17H,1,3-9H2. The van der Waals surface area contributed by atoms with Crippen molar-refractivity contribution in [2.24, 2.45) is 5.92 Å². The molecule has 0 aliphatic heterocycles. The third-order valence-corrected chi connectivity index (χ3v) is 4.79. The van der Waals surface area contributed by atoms with Crippen LogP contribution in [0.25, 0.3) is 0 Å². The Morgan fingerprint density at radius 2 is 1.95 bits per heavy atom. The number of carbonyl (C=O) groups excluding carboxylic acids is 1. The van der Waals surface area contributed by atoms with E-state index in [2.05, 4.69) is 6.58 Å². The van der Waals surface area contributed by atoms with Crippen LogP contribution in [-0.2, 0) is 14.3 Å². The van der Waals surface area contributed by atoms with Crippen molar-refractivity contribution in [2.45, 2.75) is 55.3 Å². The molecule has 106 valence electrons. The zero-order valence-electron chi connectivity index (χ0n) is 10.9. The molecule has 5 nitrogen and oxygen atoms in total. The van der Waals surface area contributed by atoms with E-state index in [4.69, 9.17) is 14.6 Å². The molecule has 4 aliphatic rings. The van der Waals surface area contributed by atoms with E-state index in [0.717, 1.165) is 25.3 Å². The first-order valence-electron chi connectivity index (χ1n) is 6.75. The molecule has 0 aromatic carbocycles. The van der Waals surface area contributed by atoms with E-state index in [1.54, 1.807) is 0 Å². The lowest BCUT2D eigenvalue weighted by molar-refractivity contribution is -0.283. The topological polar surface area (TPSA) is 76.0 Å². The Balaban J connectivity index is 1.91. The normalized spacial score (nSPS) is 47.2. The second kappa shape index (κ2) is 4.04. The van der Waals surface area contributed by atoms with Gasteiger partial charge >= 0.3 is 5.97 Å². The maximum Gasteiger partial charge on any atom is 0.330 e. The van der Waals surface area contributed by atoms with Gasteiger partial charge in [0.15, 0.2) is 0 Å². The van der Waals surface area contributed by atoms with E-state index in [0.29, 0.717) is 19.3 Å². The van der Waals surface area contributed by atoms with Gasteiger partial charge in [-0.05, 0) is 25.2 Å². The summed E-state index contributed by atoms with van der Waals surface area (Å²) in [6.07, 6.45) is 5.02. The van der Waals surface area contributed by atoms with Crippen molar-refractivity contribution in [2.75, 3.05) is 6.79 Å². The van der Waals surface area contributed by atoms with Crippen molar-refractivity contribution >= 4 is 5.97 Å². The van der Waals surface area contributed by atoms with Gasteiger partial charge in [0.05, 0.1) is 11.2 Å². The molecule has 0 saturated heterocycles. The molecule has 2 N–H and O–H groups in total. The molecule has 4 rings (SSSR count). The van der Waals surface area contributed by atoms with Gasteiger partial charge in [-0.25, -0.2) is 4.79 Å². The van der Waals surface area contributed by atoms with Crippen molar-refractivity contribution in [3.63, 3.8) is 0 Å². The predicted octanol–water partition coefficient (Wildman–Crippen LogP) is 0.888. The lowest BCUT2D eigenvalue weighted by atomic mass is 9.50. The lowest BCUT2D eigenvalue weighted by Gasteiger charge is -2.63. The lowest BCUT2D eigenvalue weighted by Crippen LogP contribution is -2.67. The number of ether oxygens (including phenoxy) is 2. The molecule has 19 heavy (non-hydrogen) atoms. The minimum Gasteiger partial charge on any atom is -0.456 e. The van der Waals surface area contributed by atoms with Gasteiger partial charge in [-0.1, -0.05) is 6.58 Å². The molecule has 4 aliphatic carbocycles. The Labute approximate surface area is 112 Å². The minimum absolute atomic E-state index is 0.283. The Kier molecular flexibility index (Phi) is 2.78. The average Bonchev–Trinajstić information content (AvgIpc) is 2.24. The molecular formula is C14H20O5. The van der Waals surface area contributed by atoms with Crippen LogP contribution in [0.15, 0.2) is 12.7 Å². The molecule has 4 bridgehead atoms. The molecular weight excluding hydrogens is 248 g/mol. The van der Waals surface area contributed by atoms with Crippen LogP contribution < -0.4 is 0 Å². The van der Waals surface area contributed by atoms with Gasteiger partial charge in [0, 0.05) is 25.3 Å². The SMILES string of the molecule is C=CC(=O)OC12CC3CC(O)(CC(OCO)(C3)C1)C2. The highest BCUT2D eigenvalue weighted by atomic mass is 16.6. The molecule has 4 saturated carbocycles. The number of rotatable bonds is 4. The molecule has 5 heteroatoms. The summed E-state index contributed by atoms with van der Waals surface area (Å²) in [6.45, 7) is 3.05. The smallest absolute Gasteiger partial charge is 0.330 e. The Morgan fingerprint density at radius 1 is 1.26 bits per heavy atom. The number of hydrogen-bond donors (Lipinski definition) is 2. The van der Waals surface area contributed by atoms with E-state index in [1.807, 2.05) is 0 Å². The fraction of sp³-hybridized carbons (Fsp3) is 0.786. The molecule has 0 amide bonds. The molecule has 0 aromatic rings. The van der Waals surface area contributed by atoms with Crippen LogP contribution in [0.1, 0.15) is 38.5 Å². The van der Waals surface area contributed by atoms with Gasteiger partial charge < -0.3 is 19.7 Å². The first kappa shape index (κ1) is 13.1. The van der Waals surface area contributed by atoms with Gasteiger partial charge in [0.1, 0.15) is 12.4 Å². The fourth-order valence-electron chi connectivity index (χ4n) is 4.88. The highest BCUT2D eigenvalue weighted by molar-refractivity contribution is 5.81. The largest absolute Gasteiger partial charge is 0.456 e. The third-order valence-electron chi connectivity index (χ3n) is 4.79. The van der Waals surface area contributed by atoms with Gasteiger partial charge in [-0.15, -0.1) is 0 Å². The molecule has 4 unspecified atom stereocenters. The van der Waals surface area contributed by atoms with E-state index >= 15 is 0 Å².